The first-order chi connectivity index (χ1) is 6.09. The zero-order chi connectivity index (χ0) is 9.84. The van der Waals surface area contributed by atoms with Gasteiger partial charge in [-0.1, -0.05) is 6.92 Å². The van der Waals surface area contributed by atoms with E-state index in [1.807, 2.05) is 7.05 Å². The monoisotopic (exact) mass is 184 g/mol. The second-order valence-electron chi connectivity index (χ2n) is 4.30. The average molecular weight is 184 g/mol. The van der Waals surface area contributed by atoms with Gasteiger partial charge in [0.15, 0.2) is 0 Å². The summed E-state index contributed by atoms with van der Waals surface area (Å²) in [6, 6.07) is 0.573. The van der Waals surface area contributed by atoms with Gasteiger partial charge < -0.3 is 5.73 Å². The molecule has 2 N–H and O–H groups in total. The van der Waals surface area contributed by atoms with Crippen molar-refractivity contribution >= 4 is 5.91 Å². The maximum Gasteiger partial charge on any atom is 0.231 e. The Morgan fingerprint density at radius 1 is 1.38 bits per heavy atom. The van der Waals surface area contributed by atoms with E-state index in [4.69, 9.17) is 5.73 Å². The van der Waals surface area contributed by atoms with E-state index in [2.05, 4.69) is 11.8 Å². The fourth-order valence-corrected chi connectivity index (χ4v) is 2.06. The van der Waals surface area contributed by atoms with E-state index < -0.39 is 0 Å². The summed E-state index contributed by atoms with van der Waals surface area (Å²) in [6.45, 7) is 2.70. The molecule has 0 unspecified atom stereocenters. The molecule has 0 aromatic rings. The summed E-state index contributed by atoms with van der Waals surface area (Å²) in [4.78, 5) is 12.8. The van der Waals surface area contributed by atoms with Gasteiger partial charge in [0.2, 0.25) is 5.91 Å². The third-order valence-electron chi connectivity index (χ3n) is 3.01. The van der Waals surface area contributed by atoms with Crippen molar-refractivity contribution in [3.63, 3.8) is 0 Å². The Balaban J connectivity index is 2.31. The van der Waals surface area contributed by atoms with Gasteiger partial charge in [-0.05, 0) is 38.6 Å². The molecular formula is C10H20N2O. The van der Waals surface area contributed by atoms with Gasteiger partial charge in [-0.25, -0.2) is 0 Å². The van der Waals surface area contributed by atoms with Crippen molar-refractivity contribution in [2.24, 2.45) is 11.7 Å². The lowest BCUT2D eigenvalue weighted by molar-refractivity contribution is -0.119. The predicted molar refractivity (Wildman–Crippen MR) is 53.2 cm³/mol. The summed E-state index contributed by atoms with van der Waals surface area (Å²) in [6.07, 6.45) is 5.00. The first kappa shape index (κ1) is 10.5. The van der Waals surface area contributed by atoms with Gasteiger partial charge in [0, 0.05) is 6.04 Å². The minimum Gasteiger partial charge on any atom is -0.369 e. The third kappa shape index (κ3) is 3.35. The Labute approximate surface area is 80.3 Å². The van der Waals surface area contributed by atoms with Gasteiger partial charge in [0.25, 0.3) is 0 Å². The molecule has 0 bridgehead atoms. The van der Waals surface area contributed by atoms with Gasteiger partial charge in [-0.2, -0.15) is 0 Å². The summed E-state index contributed by atoms with van der Waals surface area (Å²) in [7, 11) is 1.99. The van der Waals surface area contributed by atoms with E-state index in [0.717, 1.165) is 5.92 Å². The molecule has 0 aromatic carbocycles. The van der Waals surface area contributed by atoms with Crippen LogP contribution in [0, 0.1) is 5.92 Å². The molecule has 0 spiro atoms. The van der Waals surface area contributed by atoms with E-state index in [0.29, 0.717) is 12.6 Å². The first-order valence-electron chi connectivity index (χ1n) is 5.08. The summed E-state index contributed by atoms with van der Waals surface area (Å²) in [5.41, 5.74) is 5.15. The Bertz CT molecular complexity index is 174. The summed E-state index contributed by atoms with van der Waals surface area (Å²) in [5, 5.41) is 0. The van der Waals surface area contributed by atoms with Crippen LogP contribution >= 0.6 is 0 Å². The van der Waals surface area contributed by atoms with Crippen molar-refractivity contribution in [3.05, 3.63) is 0 Å². The number of amides is 1. The van der Waals surface area contributed by atoms with Crippen LogP contribution in [-0.4, -0.2) is 30.4 Å². The first-order valence-corrected chi connectivity index (χ1v) is 5.08. The minimum atomic E-state index is -0.221. The Hall–Kier alpha value is -0.570. The number of likely N-dealkylation sites (N-methyl/N-ethyl adjacent to an activating group) is 1. The highest BCUT2D eigenvalue weighted by molar-refractivity contribution is 5.75. The van der Waals surface area contributed by atoms with Crippen LogP contribution in [0.1, 0.15) is 32.6 Å². The second kappa shape index (κ2) is 4.61. The minimum absolute atomic E-state index is 0.221. The normalized spacial score (nSPS) is 29.2. The van der Waals surface area contributed by atoms with Crippen molar-refractivity contribution in [2.75, 3.05) is 13.6 Å². The van der Waals surface area contributed by atoms with Crippen LogP contribution in [0.4, 0.5) is 0 Å². The van der Waals surface area contributed by atoms with Crippen molar-refractivity contribution < 1.29 is 4.79 Å². The van der Waals surface area contributed by atoms with Crippen LogP contribution in [0.5, 0.6) is 0 Å². The zero-order valence-corrected chi connectivity index (χ0v) is 8.62. The van der Waals surface area contributed by atoms with Crippen molar-refractivity contribution in [1.82, 2.24) is 4.90 Å². The molecule has 1 rings (SSSR count). The van der Waals surface area contributed by atoms with Crippen LogP contribution in [0.3, 0.4) is 0 Å². The topological polar surface area (TPSA) is 46.3 Å². The maximum absolute atomic E-state index is 10.7. The van der Waals surface area contributed by atoms with Crippen LogP contribution in [0.2, 0.25) is 0 Å². The van der Waals surface area contributed by atoms with Crippen LogP contribution < -0.4 is 5.73 Å². The lowest BCUT2D eigenvalue weighted by atomic mass is 9.87. The number of primary amides is 1. The number of nitrogens with zero attached hydrogens (tertiary/aromatic N) is 1. The lowest BCUT2D eigenvalue weighted by Crippen LogP contribution is -2.40. The Kier molecular flexibility index (Phi) is 3.72. The molecule has 76 valence electrons. The molecule has 0 saturated heterocycles. The van der Waals surface area contributed by atoms with Crippen LogP contribution in [0.25, 0.3) is 0 Å². The molecule has 0 aliphatic heterocycles. The highest BCUT2D eigenvalue weighted by Gasteiger charge is 2.21. The van der Waals surface area contributed by atoms with Crippen LogP contribution in [0.15, 0.2) is 0 Å². The molecule has 0 aromatic heterocycles. The second-order valence-corrected chi connectivity index (χ2v) is 4.30. The van der Waals surface area contributed by atoms with E-state index in [9.17, 15) is 4.79 Å². The van der Waals surface area contributed by atoms with Crippen molar-refractivity contribution in [1.29, 1.82) is 0 Å². The van der Waals surface area contributed by atoms with E-state index in [1.165, 1.54) is 25.7 Å². The standard InChI is InChI=1S/C10H20N2O/c1-8-3-5-9(6-4-8)12(2)7-10(11)13/h8-9H,3-7H2,1-2H3,(H2,11,13)/t8-,9-. The van der Waals surface area contributed by atoms with Gasteiger partial charge >= 0.3 is 0 Å². The lowest BCUT2D eigenvalue weighted by Gasteiger charge is -2.32. The Morgan fingerprint density at radius 3 is 2.38 bits per heavy atom. The molecule has 13 heavy (non-hydrogen) atoms. The van der Waals surface area contributed by atoms with Crippen LogP contribution in [-0.2, 0) is 4.79 Å². The van der Waals surface area contributed by atoms with Gasteiger partial charge in [-0.3, -0.25) is 9.69 Å². The molecule has 3 nitrogen and oxygen atoms in total. The van der Waals surface area contributed by atoms with Crippen molar-refractivity contribution in [3.8, 4) is 0 Å². The number of hydrogen-bond acceptors (Lipinski definition) is 2. The molecule has 1 aliphatic rings. The molecule has 3 heteroatoms. The Morgan fingerprint density at radius 2 is 1.92 bits per heavy atom. The molecule has 1 fully saturated rings. The van der Waals surface area contributed by atoms with E-state index in [1.54, 1.807) is 0 Å². The fraction of sp³-hybridized carbons (Fsp3) is 0.900. The van der Waals surface area contributed by atoms with E-state index in [-0.39, 0.29) is 5.91 Å². The number of carbonyl (C=O) groups is 1. The van der Waals surface area contributed by atoms with Crippen molar-refractivity contribution in [2.45, 2.75) is 38.6 Å². The third-order valence-corrected chi connectivity index (χ3v) is 3.01. The number of carbonyl (C=O) groups excluding carboxylic acids is 1. The number of hydrogen-bond donors (Lipinski definition) is 1. The van der Waals surface area contributed by atoms with E-state index >= 15 is 0 Å². The number of nitrogens with two attached hydrogens (primary N) is 1. The molecule has 1 aliphatic carbocycles. The predicted octanol–water partition coefficient (Wildman–Crippen LogP) is 0.982. The molecule has 0 radical (unpaired) electrons. The maximum atomic E-state index is 10.7. The molecule has 1 amide bonds. The van der Waals surface area contributed by atoms with Gasteiger partial charge in [0.05, 0.1) is 6.54 Å². The quantitative estimate of drug-likeness (QED) is 0.710. The fourth-order valence-electron chi connectivity index (χ4n) is 2.06. The molecule has 0 heterocycles. The zero-order valence-electron chi connectivity index (χ0n) is 8.62. The number of rotatable bonds is 3. The summed E-state index contributed by atoms with van der Waals surface area (Å²) in [5.74, 6) is 0.638. The molecule has 0 atom stereocenters. The average Bonchev–Trinajstić information content (AvgIpc) is 2.04. The molecular weight excluding hydrogens is 164 g/mol. The SMILES string of the molecule is CN(CC(N)=O)[C@H]1CC[C@H](C)CC1. The van der Waals surface area contributed by atoms with Gasteiger partial charge in [-0.15, -0.1) is 0 Å². The summed E-state index contributed by atoms with van der Waals surface area (Å²) >= 11 is 0. The molecule has 1 saturated carbocycles. The highest BCUT2D eigenvalue weighted by atomic mass is 16.1. The summed E-state index contributed by atoms with van der Waals surface area (Å²) < 4.78 is 0. The smallest absolute Gasteiger partial charge is 0.231 e. The largest absolute Gasteiger partial charge is 0.369 e. The highest BCUT2D eigenvalue weighted by Crippen LogP contribution is 2.26. The van der Waals surface area contributed by atoms with Gasteiger partial charge in [0.1, 0.15) is 0 Å².